The summed E-state index contributed by atoms with van der Waals surface area (Å²) in [7, 11) is 0. The Labute approximate surface area is 127 Å². The second-order valence-electron chi connectivity index (χ2n) is 5.18. The van der Waals surface area contributed by atoms with Gasteiger partial charge in [-0.15, -0.1) is 0 Å². The average molecular weight is 300 g/mol. The van der Waals surface area contributed by atoms with Gasteiger partial charge in [-0.1, -0.05) is 6.07 Å². The van der Waals surface area contributed by atoms with E-state index in [1.54, 1.807) is 24.4 Å². The fourth-order valence-corrected chi connectivity index (χ4v) is 2.37. The molecule has 0 saturated carbocycles. The molecular weight excluding hydrogens is 284 g/mol. The van der Waals surface area contributed by atoms with Crippen molar-refractivity contribution in [3.05, 3.63) is 42.1 Å². The van der Waals surface area contributed by atoms with E-state index in [1.165, 1.54) is 6.39 Å². The number of aromatic nitrogens is 1. The van der Waals surface area contributed by atoms with E-state index < -0.39 is 0 Å². The summed E-state index contributed by atoms with van der Waals surface area (Å²) < 4.78 is 5.09. The third kappa shape index (κ3) is 2.93. The lowest BCUT2D eigenvalue weighted by Crippen LogP contribution is -2.25. The van der Waals surface area contributed by atoms with Gasteiger partial charge in [-0.25, -0.2) is 4.98 Å². The summed E-state index contributed by atoms with van der Waals surface area (Å²) in [6.45, 7) is 2.16. The van der Waals surface area contributed by atoms with Crippen LogP contribution >= 0.6 is 0 Å². The molecule has 2 aromatic rings. The number of carbonyl (C=O) groups excluding carboxylic acids is 2. The molecule has 2 amide bonds. The van der Waals surface area contributed by atoms with Crippen molar-refractivity contribution < 1.29 is 14.0 Å². The van der Waals surface area contributed by atoms with Gasteiger partial charge in [0.1, 0.15) is 5.76 Å². The smallest absolute Gasteiger partial charge is 0.253 e. The lowest BCUT2D eigenvalue weighted by Gasteiger charge is -2.16. The number of rotatable bonds is 3. The van der Waals surface area contributed by atoms with Gasteiger partial charge in [0.25, 0.3) is 5.91 Å². The van der Waals surface area contributed by atoms with Crippen molar-refractivity contribution in [2.45, 2.75) is 25.9 Å². The maximum absolute atomic E-state index is 12.4. The fourth-order valence-electron chi connectivity index (χ4n) is 2.37. The molecule has 1 atom stereocenters. The van der Waals surface area contributed by atoms with Crippen LogP contribution in [0, 0.1) is 0 Å². The number of amides is 2. The van der Waals surface area contributed by atoms with Crippen molar-refractivity contribution in [2.75, 3.05) is 10.6 Å². The number of hydrogen-bond donors (Lipinski definition) is 3. The van der Waals surface area contributed by atoms with Crippen molar-refractivity contribution in [3.63, 3.8) is 0 Å². The monoisotopic (exact) mass is 300 g/mol. The van der Waals surface area contributed by atoms with Crippen LogP contribution in [0.3, 0.4) is 0 Å². The Bertz CT molecular complexity index is 697. The quantitative estimate of drug-likeness (QED) is 0.802. The second-order valence-corrected chi connectivity index (χ2v) is 5.18. The zero-order valence-corrected chi connectivity index (χ0v) is 12.1. The van der Waals surface area contributed by atoms with Crippen LogP contribution in [0.25, 0.3) is 0 Å². The number of carbonyl (C=O) groups is 2. The van der Waals surface area contributed by atoms with Gasteiger partial charge in [-0.2, -0.15) is 0 Å². The minimum atomic E-state index is -0.246. The van der Waals surface area contributed by atoms with Crippen LogP contribution in [0.4, 0.5) is 11.4 Å². The number of fused-ring (bicyclic) bond motifs is 1. The van der Waals surface area contributed by atoms with Gasteiger partial charge in [0.05, 0.1) is 29.7 Å². The molecule has 1 aliphatic rings. The van der Waals surface area contributed by atoms with Crippen LogP contribution in [0.15, 0.2) is 35.2 Å². The van der Waals surface area contributed by atoms with E-state index in [0.717, 1.165) is 0 Å². The minimum absolute atomic E-state index is 0.0514. The van der Waals surface area contributed by atoms with E-state index in [2.05, 4.69) is 20.9 Å². The van der Waals surface area contributed by atoms with Crippen molar-refractivity contribution >= 4 is 23.2 Å². The molecule has 114 valence electrons. The molecule has 0 spiro atoms. The maximum Gasteiger partial charge on any atom is 0.253 e. The van der Waals surface area contributed by atoms with Crippen LogP contribution in [0.2, 0.25) is 0 Å². The highest BCUT2D eigenvalue weighted by Gasteiger charge is 2.22. The van der Waals surface area contributed by atoms with Crippen molar-refractivity contribution in [1.82, 2.24) is 10.3 Å². The summed E-state index contributed by atoms with van der Waals surface area (Å²) in [5.41, 5.74) is 1.73. The van der Waals surface area contributed by atoms with Crippen molar-refractivity contribution in [3.8, 4) is 0 Å². The van der Waals surface area contributed by atoms with Crippen LogP contribution in [-0.4, -0.2) is 22.8 Å². The van der Waals surface area contributed by atoms with Crippen molar-refractivity contribution in [2.24, 2.45) is 0 Å². The predicted molar refractivity (Wildman–Crippen MR) is 80.4 cm³/mol. The normalized spacial score (nSPS) is 17.0. The van der Waals surface area contributed by atoms with E-state index in [4.69, 9.17) is 4.42 Å². The molecule has 7 nitrogen and oxygen atoms in total. The molecule has 1 aliphatic heterocycles. The third-order valence-electron chi connectivity index (χ3n) is 3.37. The van der Waals surface area contributed by atoms with Crippen LogP contribution in [0.1, 0.15) is 29.5 Å². The maximum atomic E-state index is 12.4. The van der Waals surface area contributed by atoms with E-state index in [1.807, 2.05) is 6.92 Å². The standard InChI is InChI=1S/C15H16N4O3/c1-9-5-13(20)19-12-4-2-3-11(14(12)18-9)15(21)17-7-10-6-16-8-22-10/h2-4,6,8-9,18H,5,7H2,1H3,(H,17,21)(H,19,20)/t9-/m1/s1. The number of nitrogens with one attached hydrogen (secondary N) is 3. The highest BCUT2D eigenvalue weighted by molar-refractivity contribution is 6.06. The largest absolute Gasteiger partial charge is 0.447 e. The van der Waals surface area contributed by atoms with Gasteiger partial charge >= 0.3 is 0 Å². The topological polar surface area (TPSA) is 96.3 Å². The zero-order valence-electron chi connectivity index (χ0n) is 12.1. The lowest BCUT2D eigenvalue weighted by atomic mass is 10.1. The van der Waals surface area contributed by atoms with Crippen LogP contribution in [0.5, 0.6) is 0 Å². The highest BCUT2D eigenvalue weighted by Crippen LogP contribution is 2.29. The van der Waals surface area contributed by atoms with Gasteiger partial charge in [0.2, 0.25) is 5.91 Å². The minimum Gasteiger partial charge on any atom is -0.447 e. The zero-order chi connectivity index (χ0) is 15.5. The predicted octanol–water partition coefficient (Wildman–Crippen LogP) is 1.75. The Morgan fingerprint density at radius 3 is 3.14 bits per heavy atom. The molecule has 3 rings (SSSR count). The number of oxazole rings is 1. The van der Waals surface area contributed by atoms with Gasteiger partial charge in [-0.05, 0) is 19.1 Å². The summed E-state index contributed by atoms with van der Waals surface area (Å²) in [6.07, 6.45) is 3.22. The summed E-state index contributed by atoms with van der Waals surface area (Å²) in [6, 6.07) is 5.17. The Morgan fingerprint density at radius 2 is 2.36 bits per heavy atom. The Balaban J connectivity index is 1.83. The molecular formula is C15H16N4O3. The average Bonchev–Trinajstić information content (AvgIpc) is 2.94. The van der Waals surface area contributed by atoms with E-state index in [0.29, 0.717) is 29.1 Å². The number of nitrogens with zero attached hydrogens (tertiary/aromatic N) is 1. The number of anilines is 2. The van der Waals surface area contributed by atoms with Gasteiger partial charge < -0.3 is 20.4 Å². The second kappa shape index (κ2) is 5.88. The number of para-hydroxylation sites is 1. The van der Waals surface area contributed by atoms with E-state index in [9.17, 15) is 9.59 Å². The SMILES string of the molecule is C[C@@H]1CC(=O)Nc2cccc(C(=O)NCc3cnco3)c2N1. The molecule has 22 heavy (non-hydrogen) atoms. The molecule has 7 heteroatoms. The molecule has 0 unspecified atom stereocenters. The van der Waals surface area contributed by atoms with E-state index in [-0.39, 0.29) is 24.4 Å². The molecule has 1 aromatic heterocycles. The Kier molecular flexibility index (Phi) is 3.78. The molecule has 0 saturated heterocycles. The van der Waals surface area contributed by atoms with Crippen molar-refractivity contribution in [1.29, 1.82) is 0 Å². The first-order valence-corrected chi connectivity index (χ1v) is 6.98. The summed E-state index contributed by atoms with van der Waals surface area (Å²) in [4.78, 5) is 27.9. The lowest BCUT2D eigenvalue weighted by molar-refractivity contribution is -0.116. The highest BCUT2D eigenvalue weighted by atomic mass is 16.3. The summed E-state index contributed by atoms with van der Waals surface area (Å²) in [5.74, 6) is 0.257. The Hall–Kier alpha value is -2.83. The molecule has 1 aromatic carbocycles. The fraction of sp³-hybridized carbons (Fsp3) is 0.267. The molecule has 0 fully saturated rings. The first-order chi connectivity index (χ1) is 10.6. The molecule has 0 radical (unpaired) electrons. The summed E-state index contributed by atoms with van der Waals surface area (Å²) >= 11 is 0. The van der Waals surface area contributed by atoms with Gasteiger partial charge in [-0.3, -0.25) is 9.59 Å². The molecule has 0 aliphatic carbocycles. The molecule has 3 N–H and O–H groups in total. The number of hydrogen-bond acceptors (Lipinski definition) is 5. The van der Waals surface area contributed by atoms with Crippen LogP contribution in [-0.2, 0) is 11.3 Å². The number of benzene rings is 1. The van der Waals surface area contributed by atoms with E-state index >= 15 is 0 Å². The first kappa shape index (κ1) is 14.1. The third-order valence-corrected chi connectivity index (χ3v) is 3.37. The molecule has 0 bridgehead atoms. The first-order valence-electron chi connectivity index (χ1n) is 6.98. The summed E-state index contributed by atoms with van der Waals surface area (Å²) in [5, 5.41) is 8.80. The molecule has 2 heterocycles. The van der Waals surface area contributed by atoms with Gasteiger partial charge in [0.15, 0.2) is 6.39 Å². The van der Waals surface area contributed by atoms with Crippen LogP contribution < -0.4 is 16.0 Å². The van der Waals surface area contributed by atoms with Gasteiger partial charge in [0, 0.05) is 12.5 Å². The Morgan fingerprint density at radius 1 is 1.50 bits per heavy atom.